The Kier molecular flexibility index (Phi) is 22.1. The predicted octanol–water partition coefficient (Wildman–Crippen LogP) is 7.05. The average Bonchev–Trinajstić information content (AvgIpc) is 2.65. The molecule has 0 aromatic carbocycles. The van der Waals surface area contributed by atoms with Crippen LogP contribution < -0.4 is 5.32 Å². The minimum Gasteiger partial charge on any atom is -0.379 e. The zero-order valence-corrected chi connectivity index (χ0v) is 18.7. The van der Waals surface area contributed by atoms with Crippen molar-refractivity contribution in [3.8, 4) is 0 Å². The van der Waals surface area contributed by atoms with Gasteiger partial charge in [-0.15, -0.1) is 0 Å². The molecule has 164 valence electrons. The Hall–Kier alpha value is -0.120. The molecular weight excluding hydrogens is 334 g/mol. The zero-order chi connectivity index (χ0) is 20.0. The van der Waals surface area contributed by atoms with Gasteiger partial charge in [-0.3, -0.25) is 5.32 Å². The van der Waals surface area contributed by atoms with E-state index in [0.717, 1.165) is 25.7 Å². The Bertz CT molecular complexity index is 273. The molecule has 0 fully saturated rings. The Balaban J connectivity index is 3.25. The van der Waals surface area contributed by atoms with Crippen molar-refractivity contribution in [2.75, 3.05) is 0 Å². The number of aliphatic hydroxyl groups is 2. The first-order chi connectivity index (χ1) is 13.2. The molecule has 3 nitrogen and oxygen atoms in total. The van der Waals surface area contributed by atoms with E-state index in [0.29, 0.717) is 0 Å². The van der Waals surface area contributed by atoms with Crippen molar-refractivity contribution in [3.63, 3.8) is 0 Å². The molecule has 0 amide bonds. The second-order valence-corrected chi connectivity index (χ2v) is 8.43. The van der Waals surface area contributed by atoms with Crippen LogP contribution in [0.1, 0.15) is 142 Å². The van der Waals surface area contributed by atoms with E-state index in [1.165, 1.54) is 103 Å². The highest BCUT2D eigenvalue weighted by Crippen LogP contribution is 2.13. The van der Waals surface area contributed by atoms with E-state index in [1.807, 2.05) is 0 Å². The van der Waals surface area contributed by atoms with Gasteiger partial charge in [0.15, 0.2) is 0 Å². The molecule has 2 unspecified atom stereocenters. The third-order valence-corrected chi connectivity index (χ3v) is 5.55. The maximum atomic E-state index is 9.97. The van der Waals surface area contributed by atoms with Crippen molar-refractivity contribution in [2.24, 2.45) is 0 Å². The van der Waals surface area contributed by atoms with Crippen LogP contribution in [0.15, 0.2) is 0 Å². The van der Waals surface area contributed by atoms with Crippen molar-refractivity contribution >= 4 is 0 Å². The largest absolute Gasteiger partial charge is 0.379 e. The fraction of sp³-hybridized carbons (Fsp3) is 1.00. The van der Waals surface area contributed by atoms with E-state index in [2.05, 4.69) is 19.2 Å². The lowest BCUT2D eigenvalue weighted by molar-refractivity contribution is 0.0310. The second kappa shape index (κ2) is 22.2. The van der Waals surface area contributed by atoms with Crippen LogP contribution in [-0.4, -0.2) is 22.7 Å². The van der Waals surface area contributed by atoms with Gasteiger partial charge in [-0.25, -0.2) is 0 Å². The molecule has 0 bridgehead atoms. The van der Waals surface area contributed by atoms with Crippen LogP contribution >= 0.6 is 0 Å². The predicted molar refractivity (Wildman–Crippen MR) is 119 cm³/mol. The van der Waals surface area contributed by atoms with Gasteiger partial charge in [0.2, 0.25) is 0 Å². The topological polar surface area (TPSA) is 52.5 Å². The summed E-state index contributed by atoms with van der Waals surface area (Å²) in [6.07, 6.45) is 23.9. The Morgan fingerprint density at radius 1 is 0.444 bits per heavy atom. The summed E-state index contributed by atoms with van der Waals surface area (Å²) in [5.74, 6) is 0. The van der Waals surface area contributed by atoms with Crippen molar-refractivity contribution in [1.82, 2.24) is 5.32 Å². The molecule has 0 spiro atoms. The smallest absolute Gasteiger partial charge is 0.106 e. The summed E-state index contributed by atoms with van der Waals surface area (Å²) in [5.41, 5.74) is 0. The third-order valence-electron chi connectivity index (χ3n) is 5.55. The van der Waals surface area contributed by atoms with Crippen molar-refractivity contribution in [1.29, 1.82) is 0 Å². The molecule has 0 aliphatic rings. The van der Waals surface area contributed by atoms with Gasteiger partial charge in [0.1, 0.15) is 12.5 Å². The van der Waals surface area contributed by atoms with Gasteiger partial charge in [0.05, 0.1) is 0 Å². The highest BCUT2D eigenvalue weighted by atomic mass is 16.3. The molecule has 27 heavy (non-hydrogen) atoms. The van der Waals surface area contributed by atoms with Crippen LogP contribution in [0.4, 0.5) is 0 Å². The summed E-state index contributed by atoms with van der Waals surface area (Å²) in [5, 5.41) is 22.8. The molecule has 2 atom stereocenters. The zero-order valence-electron chi connectivity index (χ0n) is 18.7. The lowest BCUT2D eigenvalue weighted by atomic mass is 10.0. The number of hydrogen-bond donors (Lipinski definition) is 3. The number of hydrogen-bond acceptors (Lipinski definition) is 3. The molecule has 0 heterocycles. The van der Waals surface area contributed by atoms with Crippen molar-refractivity contribution in [3.05, 3.63) is 0 Å². The summed E-state index contributed by atoms with van der Waals surface area (Å²) in [7, 11) is 0. The first-order valence-electron chi connectivity index (χ1n) is 12.3. The maximum Gasteiger partial charge on any atom is 0.106 e. The first-order valence-corrected chi connectivity index (χ1v) is 12.3. The Morgan fingerprint density at radius 2 is 0.704 bits per heavy atom. The van der Waals surface area contributed by atoms with Crippen LogP contribution in [0, 0.1) is 0 Å². The van der Waals surface area contributed by atoms with Gasteiger partial charge in [0.25, 0.3) is 0 Å². The van der Waals surface area contributed by atoms with E-state index >= 15 is 0 Å². The molecule has 3 N–H and O–H groups in total. The molecular formula is C24H51NO2. The monoisotopic (exact) mass is 385 g/mol. The lowest BCUT2D eigenvalue weighted by Crippen LogP contribution is -2.38. The summed E-state index contributed by atoms with van der Waals surface area (Å²) >= 11 is 0. The van der Waals surface area contributed by atoms with Crippen molar-refractivity contribution in [2.45, 2.75) is 155 Å². The maximum absolute atomic E-state index is 9.97. The average molecular weight is 386 g/mol. The fourth-order valence-electron chi connectivity index (χ4n) is 3.69. The molecule has 0 aromatic rings. The highest BCUT2D eigenvalue weighted by molar-refractivity contribution is 4.59. The Morgan fingerprint density at radius 3 is 1.00 bits per heavy atom. The molecule has 0 aliphatic heterocycles. The normalized spacial score (nSPS) is 13.8. The quantitative estimate of drug-likeness (QED) is 0.138. The van der Waals surface area contributed by atoms with Crippen LogP contribution in [-0.2, 0) is 0 Å². The van der Waals surface area contributed by atoms with Crippen LogP contribution in [0.5, 0.6) is 0 Å². The number of aliphatic hydroxyl groups excluding tert-OH is 2. The molecule has 0 radical (unpaired) electrons. The molecule has 0 aliphatic carbocycles. The van der Waals surface area contributed by atoms with Crippen LogP contribution in [0.2, 0.25) is 0 Å². The van der Waals surface area contributed by atoms with E-state index in [9.17, 15) is 10.2 Å². The van der Waals surface area contributed by atoms with E-state index in [4.69, 9.17) is 0 Å². The molecule has 0 aromatic heterocycles. The first kappa shape index (κ1) is 26.9. The second-order valence-electron chi connectivity index (χ2n) is 8.43. The van der Waals surface area contributed by atoms with Gasteiger partial charge in [0, 0.05) is 0 Å². The molecule has 3 heteroatoms. The number of rotatable bonds is 22. The van der Waals surface area contributed by atoms with E-state index < -0.39 is 12.5 Å². The van der Waals surface area contributed by atoms with Gasteiger partial charge in [-0.2, -0.15) is 0 Å². The van der Waals surface area contributed by atoms with E-state index in [-0.39, 0.29) is 0 Å². The lowest BCUT2D eigenvalue weighted by Gasteiger charge is -2.18. The van der Waals surface area contributed by atoms with Gasteiger partial charge in [-0.05, 0) is 25.7 Å². The van der Waals surface area contributed by atoms with Gasteiger partial charge >= 0.3 is 0 Å². The van der Waals surface area contributed by atoms with Crippen molar-refractivity contribution < 1.29 is 10.2 Å². The van der Waals surface area contributed by atoms with Gasteiger partial charge in [-0.1, -0.05) is 117 Å². The molecule has 0 saturated carbocycles. The number of nitrogens with one attached hydrogen (secondary N) is 1. The van der Waals surface area contributed by atoms with E-state index in [1.54, 1.807) is 0 Å². The summed E-state index contributed by atoms with van der Waals surface area (Å²) in [6, 6.07) is 0. The minimum absolute atomic E-state index is 0.552. The number of unbranched alkanes of at least 4 members (excludes halogenated alkanes) is 16. The minimum atomic E-state index is -0.552. The fourth-order valence-corrected chi connectivity index (χ4v) is 3.69. The summed E-state index contributed by atoms with van der Waals surface area (Å²) in [6.45, 7) is 4.49. The third kappa shape index (κ3) is 22.0. The SMILES string of the molecule is CCCCCCCCCCCCCCCC(O)NC(O)CCCCCCC. The summed E-state index contributed by atoms with van der Waals surface area (Å²) in [4.78, 5) is 0. The highest BCUT2D eigenvalue weighted by Gasteiger charge is 2.09. The Labute approximate surface area is 170 Å². The molecule has 0 saturated heterocycles. The van der Waals surface area contributed by atoms with Gasteiger partial charge < -0.3 is 10.2 Å². The summed E-state index contributed by atoms with van der Waals surface area (Å²) < 4.78 is 0. The standard InChI is InChI=1S/C24H51NO2/c1-3-5-7-9-10-11-12-13-14-15-16-18-20-22-24(27)25-23(26)21-19-17-8-6-4-2/h23-27H,3-22H2,1-2H3. The van der Waals surface area contributed by atoms with Crippen LogP contribution in [0.3, 0.4) is 0 Å². The van der Waals surface area contributed by atoms with Crippen LogP contribution in [0.25, 0.3) is 0 Å². The molecule has 0 rings (SSSR count).